The van der Waals surface area contributed by atoms with Crippen LogP contribution in [0.1, 0.15) is 10.5 Å². The zero-order chi connectivity index (χ0) is 23.5. The maximum absolute atomic E-state index is 12.9. The minimum absolute atomic E-state index is 0.132. The van der Waals surface area contributed by atoms with E-state index in [0.717, 1.165) is 16.9 Å². The Kier molecular flexibility index (Phi) is 5.80. The number of aromatic nitrogens is 3. The van der Waals surface area contributed by atoms with Crippen LogP contribution in [0.4, 0.5) is 5.69 Å². The fraction of sp³-hybridized carbons (Fsp3) is 0.0400. The highest BCUT2D eigenvalue weighted by molar-refractivity contribution is 6.30. The predicted molar refractivity (Wildman–Crippen MR) is 127 cm³/mol. The van der Waals surface area contributed by atoms with Gasteiger partial charge in [0.25, 0.3) is 11.8 Å². The summed E-state index contributed by atoms with van der Waals surface area (Å²) in [6.07, 6.45) is 0. The molecule has 0 bridgehead atoms. The van der Waals surface area contributed by atoms with Crippen LogP contribution in [-0.2, 0) is 0 Å². The van der Waals surface area contributed by atoms with Crippen molar-refractivity contribution < 1.29 is 18.6 Å². The summed E-state index contributed by atoms with van der Waals surface area (Å²) in [6, 6.07) is 23.1. The topological polar surface area (TPSA) is 103 Å². The maximum Gasteiger partial charge on any atom is 0.277 e. The lowest BCUT2D eigenvalue weighted by Gasteiger charge is -2.06. The summed E-state index contributed by atoms with van der Waals surface area (Å²) in [5.41, 5.74) is 2.73. The smallest absolute Gasteiger partial charge is 0.277 e. The van der Waals surface area contributed by atoms with Crippen molar-refractivity contribution in [3.05, 3.63) is 89.6 Å². The molecule has 5 aromatic rings. The second-order valence-corrected chi connectivity index (χ2v) is 7.67. The highest BCUT2D eigenvalue weighted by Crippen LogP contribution is 2.30. The van der Waals surface area contributed by atoms with E-state index in [0.29, 0.717) is 27.9 Å². The van der Waals surface area contributed by atoms with Crippen LogP contribution in [0.25, 0.3) is 34.2 Å². The van der Waals surface area contributed by atoms with Gasteiger partial charge in [0.05, 0.1) is 18.4 Å². The van der Waals surface area contributed by atoms with Crippen LogP contribution >= 0.6 is 11.6 Å². The first kappa shape index (κ1) is 21.4. The lowest BCUT2D eigenvalue weighted by atomic mass is 10.1. The summed E-state index contributed by atoms with van der Waals surface area (Å²) in [5, 5.41) is 11.4. The van der Waals surface area contributed by atoms with Crippen molar-refractivity contribution in [3.8, 4) is 39.9 Å². The number of hydrogen-bond acceptors (Lipinski definition) is 7. The number of anilines is 1. The van der Waals surface area contributed by atoms with Gasteiger partial charge in [-0.05, 0) is 60.7 Å². The molecule has 5 rings (SSSR count). The SMILES string of the molecule is COc1ccc(-c2cc(C(=O)Nc3ccccc3-c3nc(-c4ccc(Cl)cc4)no3)no2)cc1. The van der Waals surface area contributed by atoms with Crippen molar-refractivity contribution in [1.29, 1.82) is 0 Å². The molecule has 0 saturated heterocycles. The fourth-order valence-electron chi connectivity index (χ4n) is 3.29. The van der Waals surface area contributed by atoms with Crippen molar-refractivity contribution in [3.63, 3.8) is 0 Å². The number of carbonyl (C=O) groups is 1. The molecule has 0 unspecified atom stereocenters. The third-order valence-corrected chi connectivity index (χ3v) is 5.30. The number of nitrogens with one attached hydrogen (secondary N) is 1. The Hall–Kier alpha value is -4.43. The third-order valence-electron chi connectivity index (χ3n) is 5.05. The number of nitrogens with zero attached hydrogens (tertiary/aromatic N) is 3. The molecule has 0 fully saturated rings. The average Bonchev–Trinajstić information content (AvgIpc) is 3.56. The second kappa shape index (κ2) is 9.21. The quantitative estimate of drug-likeness (QED) is 0.324. The summed E-state index contributed by atoms with van der Waals surface area (Å²) in [5.74, 6) is 1.42. The molecule has 0 spiro atoms. The Balaban J connectivity index is 1.37. The lowest BCUT2D eigenvalue weighted by molar-refractivity contribution is 0.101. The monoisotopic (exact) mass is 472 g/mol. The minimum Gasteiger partial charge on any atom is -0.497 e. The standard InChI is InChI=1S/C25H17ClN4O4/c1-32-18-12-8-15(9-13-18)22-14-21(29-33-22)24(31)27-20-5-3-2-4-19(20)25-28-23(30-34-25)16-6-10-17(26)11-7-16/h2-14H,1H3,(H,27,31). The molecule has 2 aromatic heterocycles. The molecule has 34 heavy (non-hydrogen) atoms. The van der Waals surface area contributed by atoms with Crippen LogP contribution in [-0.4, -0.2) is 28.3 Å². The van der Waals surface area contributed by atoms with Crippen LogP contribution in [0.3, 0.4) is 0 Å². The molecule has 0 aliphatic carbocycles. The maximum atomic E-state index is 12.9. The first-order valence-corrected chi connectivity index (χ1v) is 10.6. The van der Waals surface area contributed by atoms with Gasteiger partial charge < -0.3 is 19.1 Å². The number of para-hydroxylation sites is 1. The zero-order valence-electron chi connectivity index (χ0n) is 17.9. The average molecular weight is 473 g/mol. The summed E-state index contributed by atoms with van der Waals surface area (Å²) in [7, 11) is 1.59. The van der Waals surface area contributed by atoms with E-state index in [4.69, 9.17) is 25.4 Å². The third kappa shape index (κ3) is 4.39. The number of methoxy groups -OCH3 is 1. The molecule has 0 radical (unpaired) electrons. The highest BCUT2D eigenvalue weighted by atomic mass is 35.5. The van der Waals surface area contributed by atoms with Crippen molar-refractivity contribution in [2.45, 2.75) is 0 Å². The Morgan fingerprint density at radius 1 is 0.912 bits per heavy atom. The van der Waals surface area contributed by atoms with Crippen LogP contribution < -0.4 is 10.1 Å². The minimum atomic E-state index is -0.437. The molecule has 3 aromatic carbocycles. The Morgan fingerprint density at radius 3 is 2.41 bits per heavy atom. The van der Waals surface area contributed by atoms with Crippen molar-refractivity contribution >= 4 is 23.2 Å². The van der Waals surface area contributed by atoms with E-state index in [1.165, 1.54) is 0 Å². The molecule has 1 N–H and O–H groups in total. The zero-order valence-corrected chi connectivity index (χ0v) is 18.6. The van der Waals surface area contributed by atoms with Crippen LogP contribution in [0, 0.1) is 0 Å². The number of hydrogen-bond donors (Lipinski definition) is 1. The molecule has 0 atom stereocenters. The number of rotatable bonds is 6. The Morgan fingerprint density at radius 2 is 1.65 bits per heavy atom. The van der Waals surface area contributed by atoms with E-state index in [-0.39, 0.29) is 11.6 Å². The highest BCUT2D eigenvalue weighted by Gasteiger charge is 2.18. The van der Waals surface area contributed by atoms with Gasteiger partial charge in [-0.2, -0.15) is 4.98 Å². The van der Waals surface area contributed by atoms with E-state index >= 15 is 0 Å². The van der Waals surface area contributed by atoms with Crippen LogP contribution in [0.15, 0.2) is 87.9 Å². The van der Waals surface area contributed by atoms with E-state index < -0.39 is 5.91 Å². The second-order valence-electron chi connectivity index (χ2n) is 7.23. The molecular weight excluding hydrogens is 456 g/mol. The number of ether oxygens (including phenoxy) is 1. The van der Waals surface area contributed by atoms with Gasteiger partial charge in [0.1, 0.15) is 5.75 Å². The molecular formula is C25H17ClN4O4. The summed E-state index contributed by atoms with van der Waals surface area (Å²) in [6.45, 7) is 0. The molecule has 8 nitrogen and oxygen atoms in total. The lowest BCUT2D eigenvalue weighted by Crippen LogP contribution is -2.12. The fourth-order valence-corrected chi connectivity index (χ4v) is 3.41. The largest absolute Gasteiger partial charge is 0.497 e. The number of benzene rings is 3. The predicted octanol–water partition coefficient (Wildman–Crippen LogP) is 5.97. The van der Waals surface area contributed by atoms with Crippen molar-refractivity contribution in [2.24, 2.45) is 0 Å². The van der Waals surface area contributed by atoms with Gasteiger partial charge in [0.2, 0.25) is 5.82 Å². The molecule has 0 aliphatic heterocycles. The van der Waals surface area contributed by atoms with Crippen molar-refractivity contribution in [1.82, 2.24) is 15.3 Å². The normalized spacial score (nSPS) is 10.8. The van der Waals surface area contributed by atoms with E-state index in [1.54, 1.807) is 67.8 Å². The van der Waals surface area contributed by atoms with Gasteiger partial charge in [-0.15, -0.1) is 0 Å². The summed E-state index contributed by atoms with van der Waals surface area (Å²) < 4.78 is 16.0. The first-order chi connectivity index (χ1) is 16.6. The Labute approximate surface area is 199 Å². The first-order valence-electron chi connectivity index (χ1n) is 10.2. The van der Waals surface area contributed by atoms with Gasteiger partial charge in [-0.25, -0.2) is 0 Å². The van der Waals surface area contributed by atoms with Crippen molar-refractivity contribution in [2.75, 3.05) is 12.4 Å². The van der Waals surface area contributed by atoms with Crippen LogP contribution in [0.2, 0.25) is 5.02 Å². The van der Waals surface area contributed by atoms with Crippen LogP contribution in [0.5, 0.6) is 5.75 Å². The summed E-state index contributed by atoms with van der Waals surface area (Å²) >= 11 is 5.95. The molecule has 0 saturated carbocycles. The van der Waals surface area contributed by atoms with E-state index in [2.05, 4.69) is 20.6 Å². The number of amides is 1. The summed E-state index contributed by atoms with van der Waals surface area (Å²) in [4.78, 5) is 17.3. The molecule has 0 aliphatic rings. The molecule has 9 heteroatoms. The Bertz CT molecular complexity index is 1440. The van der Waals surface area contributed by atoms with E-state index in [9.17, 15) is 4.79 Å². The number of carbonyl (C=O) groups excluding carboxylic acids is 1. The van der Waals surface area contributed by atoms with Gasteiger partial charge in [0.15, 0.2) is 11.5 Å². The molecule has 2 heterocycles. The van der Waals surface area contributed by atoms with Gasteiger partial charge >= 0.3 is 0 Å². The van der Waals surface area contributed by atoms with Gasteiger partial charge in [-0.1, -0.05) is 34.0 Å². The number of halogens is 1. The van der Waals surface area contributed by atoms with E-state index in [1.807, 2.05) is 18.2 Å². The molecule has 1 amide bonds. The molecule has 168 valence electrons. The van der Waals surface area contributed by atoms with Gasteiger partial charge in [-0.3, -0.25) is 4.79 Å². The van der Waals surface area contributed by atoms with Gasteiger partial charge in [0, 0.05) is 22.2 Å².